The zero-order valence-corrected chi connectivity index (χ0v) is 9.43. The molecule has 0 heterocycles. The summed E-state index contributed by atoms with van der Waals surface area (Å²) >= 11 is 0. The predicted octanol–water partition coefficient (Wildman–Crippen LogP) is 1.38. The molecule has 1 aliphatic carbocycles. The van der Waals surface area contributed by atoms with Crippen LogP contribution in [0.2, 0.25) is 0 Å². The zero-order chi connectivity index (χ0) is 12.1. The van der Waals surface area contributed by atoms with Gasteiger partial charge in [0.2, 0.25) is 0 Å². The molecule has 2 N–H and O–H groups in total. The number of ketones is 1. The van der Waals surface area contributed by atoms with E-state index in [4.69, 9.17) is 5.11 Å². The Bertz CT molecular complexity index is 295. The van der Waals surface area contributed by atoms with Crippen LogP contribution in [-0.4, -0.2) is 28.1 Å². The minimum atomic E-state index is -0.906. The van der Waals surface area contributed by atoms with Gasteiger partial charge in [0.1, 0.15) is 5.78 Å². The Labute approximate surface area is 95.0 Å². The summed E-state index contributed by atoms with van der Waals surface area (Å²) in [5.74, 6) is -1.67. The van der Waals surface area contributed by atoms with Crippen LogP contribution in [0.25, 0.3) is 0 Å². The van der Waals surface area contributed by atoms with Crippen molar-refractivity contribution in [2.75, 3.05) is 0 Å². The van der Waals surface area contributed by atoms with Gasteiger partial charge >= 0.3 is 5.97 Å². The normalized spacial score (nSPS) is 27.5. The number of allylic oxidation sites excluding steroid dienone is 1. The highest BCUT2D eigenvalue weighted by Gasteiger charge is 2.39. The molecule has 16 heavy (non-hydrogen) atoms. The van der Waals surface area contributed by atoms with Crippen LogP contribution in [0.1, 0.15) is 32.6 Å². The van der Waals surface area contributed by atoms with Crippen LogP contribution in [0.15, 0.2) is 12.2 Å². The number of aliphatic carboxylic acids is 1. The van der Waals surface area contributed by atoms with Gasteiger partial charge in [-0.3, -0.25) is 9.59 Å². The maximum Gasteiger partial charge on any atom is 0.303 e. The van der Waals surface area contributed by atoms with E-state index in [-0.39, 0.29) is 18.1 Å². The Morgan fingerprint density at radius 2 is 2.31 bits per heavy atom. The van der Waals surface area contributed by atoms with Crippen molar-refractivity contribution >= 4 is 11.8 Å². The van der Waals surface area contributed by atoms with Crippen molar-refractivity contribution in [1.82, 2.24) is 0 Å². The lowest BCUT2D eigenvalue weighted by Crippen LogP contribution is -2.29. The molecule has 0 spiro atoms. The molecular weight excluding hydrogens is 208 g/mol. The predicted molar refractivity (Wildman–Crippen MR) is 58.9 cm³/mol. The van der Waals surface area contributed by atoms with Crippen LogP contribution >= 0.6 is 0 Å². The monoisotopic (exact) mass is 226 g/mol. The zero-order valence-electron chi connectivity index (χ0n) is 9.43. The third kappa shape index (κ3) is 3.17. The lowest BCUT2D eigenvalue weighted by Gasteiger charge is -2.19. The number of hydrogen-bond donors (Lipinski definition) is 2. The Balaban J connectivity index is 2.69. The average Bonchev–Trinajstić information content (AvgIpc) is 2.55. The third-order valence-electron chi connectivity index (χ3n) is 3.01. The fraction of sp³-hybridized carbons (Fsp3) is 0.667. The van der Waals surface area contributed by atoms with Gasteiger partial charge in [0.15, 0.2) is 0 Å². The number of carbonyl (C=O) groups is 2. The maximum atomic E-state index is 11.6. The maximum absolute atomic E-state index is 11.6. The van der Waals surface area contributed by atoms with Crippen LogP contribution in [-0.2, 0) is 9.59 Å². The molecule has 3 atom stereocenters. The van der Waals surface area contributed by atoms with Crippen LogP contribution in [0.3, 0.4) is 0 Å². The number of hydrogen-bond acceptors (Lipinski definition) is 3. The van der Waals surface area contributed by atoms with E-state index in [0.717, 1.165) is 6.42 Å². The van der Waals surface area contributed by atoms with E-state index in [2.05, 4.69) is 0 Å². The first kappa shape index (κ1) is 12.9. The van der Waals surface area contributed by atoms with E-state index in [1.165, 1.54) is 0 Å². The molecule has 0 saturated heterocycles. The van der Waals surface area contributed by atoms with Crippen LogP contribution in [0.4, 0.5) is 0 Å². The average molecular weight is 226 g/mol. The van der Waals surface area contributed by atoms with Gasteiger partial charge in [-0.05, 0) is 18.8 Å². The topological polar surface area (TPSA) is 74.6 Å². The Morgan fingerprint density at radius 1 is 1.62 bits per heavy atom. The molecule has 0 aromatic rings. The van der Waals surface area contributed by atoms with Crippen molar-refractivity contribution in [3.8, 4) is 0 Å². The minimum absolute atomic E-state index is 0.0143. The Kier molecular flexibility index (Phi) is 4.68. The molecule has 0 amide bonds. The SMILES string of the molecule is CC/C=C\[C@H](O)[C@H]1C(=O)CC[C@@H]1CC(=O)O. The van der Waals surface area contributed by atoms with Gasteiger partial charge in [-0.2, -0.15) is 0 Å². The molecule has 0 aromatic carbocycles. The van der Waals surface area contributed by atoms with Crippen molar-refractivity contribution in [3.63, 3.8) is 0 Å². The molecule has 1 fully saturated rings. The van der Waals surface area contributed by atoms with E-state index >= 15 is 0 Å². The summed E-state index contributed by atoms with van der Waals surface area (Å²) < 4.78 is 0. The summed E-state index contributed by atoms with van der Waals surface area (Å²) in [6, 6.07) is 0. The van der Waals surface area contributed by atoms with E-state index in [1.807, 2.05) is 6.92 Å². The van der Waals surface area contributed by atoms with Gasteiger partial charge < -0.3 is 10.2 Å². The van der Waals surface area contributed by atoms with Crippen molar-refractivity contribution in [3.05, 3.63) is 12.2 Å². The molecule has 0 aliphatic heterocycles. The fourth-order valence-electron chi connectivity index (χ4n) is 2.25. The highest BCUT2D eigenvalue weighted by molar-refractivity contribution is 5.85. The number of carboxylic acids is 1. The number of aliphatic hydroxyl groups is 1. The summed E-state index contributed by atoms with van der Waals surface area (Å²) in [6.45, 7) is 1.94. The van der Waals surface area contributed by atoms with E-state index in [1.54, 1.807) is 12.2 Å². The van der Waals surface area contributed by atoms with Crippen LogP contribution in [0, 0.1) is 11.8 Å². The first-order valence-corrected chi connectivity index (χ1v) is 5.65. The summed E-state index contributed by atoms with van der Waals surface area (Å²) in [4.78, 5) is 22.2. The summed E-state index contributed by atoms with van der Waals surface area (Å²) in [5.41, 5.74) is 0. The second-order valence-electron chi connectivity index (χ2n) is 4.22. The largest absolute Gasteiger partial charge is 0.481 e. The lowest BCUT2D eigenvalue weighted by molar-refractivity contribution is -0.138. The van der Waals surface area contributed by atoms with E-state index in [9.17, 15) is 14.7 Å². The van der Waals surface area contributed by atoms with Gasteiger partial charge in [0.25, 0.3) is 0 Å². The molecule has 4 heteroatoms. The van der Waals surface area contributed by atoms with Crippen molar-refractivity contribution in [1.29, 1.82) is 0 Å². The lowest BCUT2D eigenvalue weighted by atomic mass is 9.87. The van der Waals surface area contributed by atoms with Crippen LogP contribution in [0.5, 0.6) is 0 Å². The van der Waals surface area contributed by atoms with Gasteiger partial charge in [-0.25, -0.2) is 0 Å². The first-order valence-electron chi connectivity index (χ1n) is 5.65. The second kappa shape index (κ2) is 5.80. The van der Waals surface area contributed by atoms with Gasteiger partial charge in [0.05, 0.1) is 12.0 Å². The van der Waals surface area contributed by atoms with E-state index in [0.29, 0.717) is 12.8 Å². The summed E-state index contributed by atoms with van der Waals surface area (Å²) in [6.07, 6.45) is 4.29. The molecule has 1 aliphatic rings. The summed E-state index contributed by atoms with van der Waals surface area (Å²) in [5, 5.41) is 18.6. The minimum Gasteiger partial charge on any atom is -0.481 e. The first-order chi connectivity index (χ1) is 7.56. The van der Waals surface area contributed by atoms with E-state index < -0.39 is 18.0 Å². The molecule has 0 bridgehead atoms. The molecular formula is C12H18O4. The quantitative estimate of drug-likeness (QED) is 0.694. The number of aliphatic hydroxyl groups excluding tert-OH is 1. The molecule has 4 nitrogen and oxygen atoms in total. The number of carbonyl (C=O) groups excluding carboxylic acids is 1. The van der Waals surface area contributed by atoms with Crippen molar-refractivity contribution < 1.29 is 19.8 Å². The number of rotatable bonds is 5. The molecule has 90 valence electrons. The van der Waals surface area contributed by atoms with Crippen molar-refractivity contribution in [2.45, 2.75) is 38.7 Å². The second-order valence-corrected chi connectivity index (χ2v) is 4.22. The highest BCUT2D eigenvalue weighted by Crippen LogP contribution is 2.34. The Hall–Kier alpha value is -1.16. The smallest absolute Gasteiger partial charge is 0.303 e. The van der Waals surface area contributed by atoms with Crippen LogP contribution < -0.4 is 0 Å². The van der Waals surface area contributed by atoms with Gasteiger partial charge in [-0.1, -0.05) is 19.1 Å². The summed E-state index contributed by atoms with van der Waals surface area (Å²) in [7, 11) is 0. The highest BCUT2D eigenvalue weighted by atomic mass is 16.4. The van der Waals surface area contributed by atoms with Crippen molar-refractivity contribution in [2.24, 2.45) is 11.8 Å². The number of Topliss-reactive ketones (excluding diaryl/α,β-unsaturated/α-hetero) is 1. The molecule has 1 saturated carbocycles. The molecule has 0 aromatic heterocycles. The van der Waals surface area contributed by atoms with Gasteiger partial charge in [-0.15, -0.1) is 0 Å². The molecule has 0 unspecified atom stereocenters. The third-order valence-corrected chi connectivity index (χ3v) is 3.01. The molecule has 1 rings (SSSR count). The number of carboxylic acid groups (broad SMARTS) is 1. The van der Waals surface area contributed by atoms with Gasteiger partial charge in [0, 0.05) is 12.8 Å². The Morgan fingerprint density at radius 3 is 2.88 bits per heavy atom. The fourth-order valence-corrected chi connectivity index (χ4v) is 2.25. The molecule has 0 radical (unpaired) electrons. The standard InChI is InChI=1S/C12H18O4/c1-2-3-4-9(13)12-8(7-11(15)16)5-6-10(12)14/h3-4,8-9,12-13H,2,5-7H2,1H3,(H,15,16)/b4-3-/t8-,9+,12+/m1/s1.